The van der Waals surface area contributed by atoms with Crippen LogP contribution in [0.25, 0.3) is 0 Å². The maximum absolute atomic E-state index is 12.4. The lowest BCUT2D eigenvalue weighted by atomic mass is 9.99. The minimum atomic E-state index is -3.69. The monoisotopic (exact) mass is 316 g/mol. The number of hydrogen-bond acceptors (Lipinski definition) is 3. The number of rotatable bonds is 2. The molecular formula is C16H16N2O3S. The van der Waals surface area contributed by atoms with Gasteiger partial charge in [-0.2, -0.15) is 0 Å². The zero-order valence-corrected chi connectivity index (χ0v) is 12.7. The molecule has 114 valence electrons. The highest BCUT2D eigenvalue weighted by molar-refractivity contribution is 7.89. The summed E-state index contributed by atoms with van der Waals surface area (Å²) >= 11 is 0. The van der Waals surface area contributed by atoms with Gasteiger partial charge in [-0.25, -0.2) is 13.6 Å². The van der Waals surface area contributed by atoms with Crippen molar-refractivity contribution in [3.05, 3.63) is 65.2 Å². The number of hydrogen-bond donors (Lipinski definition) is 1. The first-order chi connectivity index (χ1) is 10.4. The van der Waals surface area contributed by atoms with Crippen molar-refractivity contribution < 1.29 is 13.2 Å². The van der Waals surface area contributed by atoms with Gasteiger partial charge >= 0.3 is 0 Å². The number of sulfonamides is 1. The topological polar surface area (TPSA) is 80.5 Å². The van der Waals surface area contributed by atoms with Gasteiger partial charge in [0.05, 0.1) is 4.90 Å². The maximum Gasteiger partial charge on any atom is 0.254 e. The third-order valence-electron chi connectivity index (χ3n) is 3.83. The molecule has 2 aromatic rings. The van der Waals surface area contributed by atoms with Crippen molar-refractivity contribution in [1.29, 1.82) is 0 Å². The predicted molar refractivity (Wildman–Crippen MR) is 82.7 cm³/mol. The number of nitrogens with zero attached hydrogens (tertiary/aromatic N) is 1. The molecule has 0 fully saturated rings. The van der Waals surface area contributed by atoms with Crippen molar-refractivity contribution in [2.75, 3.05) is 6.54 Å². The van der Waals surface area contributed by atoms with Crippen LogP contribution in [0, 0.1) is 0 Å². The third kappa shape index (κ3) is 2.88. The molecule has 1 aliphatic rings. The average molecular weight is 316 g/mol. The van der Waals surface area contributed by atoms with Gasteiger partial charge in [-0.15, -0.1) is 0 Å². The lowest BCUT2D eigenvalue weighted by molar-refractivity contribution is 0.0734. The zero-order valence-electron chi connectivity index (χ0n) is 11.9. The van der Waals surface area contributed by atoms with Crippen molar-refractivity contribution in [3.8, 4) is 0 Å². The largest absolute Gasteiger partial charge is 0.334 e. The van der Waals surface area contributed by atoms with E-state index in [0.717, 1.165) is 11.1 Å². The van der Waals surface area contributed by atoms with Crippen LogP contribution in [0.15, 0.2) is 53.4 Å². The van der Waals surface area contributed by atoms with E-state index >= 15 is 0 Å². The lowest BCUT2D eigenvalue weighted by Crippen LogP contribution is -2.36. The SMILES string of the molecule is NS(=O)(=O)c1ccc2c(c1)CCN(C(=O)c1ccccc1)C2. The summed E-state index contributed by atoms with van der Waals surface area (Å²) in [6, 6.07) is 14.0. The highest BCUT2D eigenvalue weighted by Crippen LogP contribution is 2.23. The number of amides is 1. The smallest absolute Gasteiger partial charge is 0.254 e. The van der Waals surface area contributed by atoms with E-state index in [1.54, 1.807) is 29.2 Å². The van der Waals surface area contributed by atoms with Gasteiger partial charge in [0, 0.05) is 18.7 Å². The van der Waals surface area contributed by atoms with E-state index in [0.29, 0.717) is 25.1 Å². The molecule has 22 heavy (non-hydrogen) atoms. The molecule has 0 saturated carbocycles. The fourth-order valence-corrected chi connectivity index (χ4v) is 3.21. The standard InChI is InChI=1S/C16H16N2O3S/c17-22(20,21)15-7-6-14-11-18(9-8-13(14)10-15)16(19)12-4-2-1-3-5-12/h1-7,10H,8-9,11H2,(H2,17,20,21). The molecule has 0 spiro atoms. The van der Waals surface area contributed by atoms with Crippen LogP contribution in [0.4, 0.5) is 0 Å². The number of carbonyl (C=O) groups excluding carboxylic acids is 1. The van der Waals surface area contributed by atoms with Crippen LogP contribution in [0.2, 0.25) is 0 Å². The lowest BCUT2D eigenvalue weighted by Gasteiger charge is -2.29. The number of carbonyl (C=O) groups is 1. The molecule has 0 aliphatic carbocycles. The van der Waals surface area contributed by atoms with E-state index in [-0.39, 0.29) is 10.8 Å². The molecule has 0 bridgehead atoms. The van der Waals surface area contributed by atoms with Crippen LogP contribution in [-0.4, -0.2) is 25.8 Å². The highest BCUT2D eigenvalue weighted by atomic mass is 32.2. The Kier molecular flexibility index (Phi) is 3.72. The summed E-state index contributed by atoms with van der Waals surface area (Å²) in [5, 5.41) is 5.15. The molecule has 1 heterocycles. The molecular weight excluding hydrogens is 300 g/mol. The zero-order chi connectivity index (χ0) is 15.7. The van der Waals surface area contributed by atoms with Crippen LogP contribution in [0.5, 0.6) is 0 Å². The minimum absolute atomic E-state index is 0.0122. The Morgan fingerprint density at radius 1 is 1.05 bits per heavy atom. The van der Waals surface area contributed by atoms with Crippen LogP contribution in [-0.2, 0) is 23.0 Å². The Bertz CT molecular complexity index is 817. The van der Waals surface area contributed by atoms with Gasteiger partial charge in [-0.05, 0) is 41.8 Å². The molecule has 5 nitrogen and oxygen atoms in total. The van der Waals surface area contributed by atoms with Crippen LogP contribution >= 0.6 is 0 Å². The Morgan fingerprint density at radius 3 is 2.45 bits per heavy atom. The second-order valence-electron chi connectivity index (χ2n) is 5.32. The average Bonchev–Trinajstić information content (AvgIpc) is 2.53. The second-order valence-corrected chi connectivity index (χ2v) is 6.88. The molecule has 2 N–H and O–H groups in total. The van der Waals surface area contributed by atoms with Gasteiger partial charge < -0.3 is 4.90 Å². The van der Waals surface area contributed by atoms with Gasteiger partial charge in [-0.1, -0.05) is 24.3 Å². The van der Waals surface area contributed by atoms with Crippen molar-refractivity contribution in [2.24, 2.45) is 5.14 Å². The van der Waals surface area contributed by atoms with Gasteiger partial charge in [0.1, 0.15) is 0 Å². The summed E-state index contributed by atoms with van der Waals surface area (Å²) in [6.45, 7) is 1.04. The maximum atomic E-state index is 12.4. The van der Waals surface area contributed by atoms with Crippen molar-refractivity contribution in [1.82, 2.24) is 4.90 Å². The number of nitrogens with two attached hydrogens (primary N) is 1. The molecule has 1 amide bonds. The van der Waals surface area contributed by atoms with Crippen molar-refractivity contribution in [3.63, 3.8) is 0 Å². The fraction of sp³-hybridized carbons (Fsp3) is 0.188. The Labute approximate surface area is 129 Å². The van der Waals surface area contributed by atoms with E-state index in [1.165, 1.54) is 6.07 Å². The van der Waals surface area contributed by atoms with Crippen molar-refractivity contribution in [2.45, 2.75) is 17.9 Å². The first-order valence-electron chi connectivity index (χ1n) is 6.94. The Hall–Kier alpha value is -2.18. The fourth-order valence-electron chi connectivity index (χ4n) is 2.64. The molecule has 6 heteroatoms. The Balaban J connectivity index is 1.84. The quantitative estimate of drug-likeness (QED) is 0.912. The molecule has 0 unspecified atom stereocenters. The molecule has 1 aliphatic heterocycles. The first kappa shape index (κ1) is 14.7. The Morgan fingerprint density at radius 2 is 1.77 bits per heavy atom. The van der Waals surface area contributed by atoms with E-state index in [2.05, 4.69) is 0 Å². The molecule has 0 aromatic heterocycles. The summed E-state index contributed by atoms with van der Waals surface area (Å²) in [5.74, 6) is -0.0122. The van der Waals surface area contributed by atoms with Crippen molar-refractivity contribution >= 4 is 15.9 Å². The highest BCUT2D eigenvalue weighted by Gasteiger charge is 2.22. The molecule has 0 atom stereocenters. The summed E-state index contributed by atoms with van der Waals surface area (Å²) in [7, 11) is -3.69. The summed E-state index contributed by atoms with van der Waals surface area (Å²) in [4.78, 5) is 14.3. The summed E-state index contributed by atoms with van der Waals surface area (Å²) < 4.78 is 22.8. The number of benzene rings is 2. The number of primary sulfonamides is 1. The summed E-state index contributed by atoms with van der Waals surface area (Å²) in [6.07, 6.45) is 0.622. The van der Waals surface area contributed by atoms with Crippen LogP contribution < -0.4 is 5.14 Å². The number of fused-ring (bicyclic) bond motifs is 1. The van der Waals surface area contributed by atoms with Gasteiger partial charge in [-0.3, -0.25) is 4.79 Å². The second kappa shape index (κ2) is 5.55. The molecule has 0 saturated heterocycles. The third-order valence-corrected chi connectivity index (χ3v) is 4.74. The molecule has 2 aromatic carbocycles. The van der Waals surface area contributed by atoms with Gasteiger partial charge in [0.15, 0.2) is 0 Å². The van der Waals surface area contributed by atoms with E-state index in [1.807, 2.05) is 18.2 Å². The van der Waals surface area contributed by atoms with Crippen LogP contribution in [0.3, 0.4) is 0 Å². The van der Waals surface area contributed by atoms with Gasteiger partial charge in [0.25, 0.3) is 5.91 Å². The molecule has 0 radical (unpaired) electrons. The normalized spacial score (nSPS) is 14.5. The predicted octanol–water partition coefficient (Wildman–Crippen LogP) is 1.53. The van der Waals surface area contributed by atoms with E-state index in [9.17, 15) is 13.2 Å². The minimum Gasteiger partial charge on any atom is -0.334 e. The van der Waals surface area contributed by atoms with Gasteiger partial charge in [0.2, 0.25) is 10.0 Å². The van der Waals surface area contributed by atoms with E-state index in [4.69, 9.17) is 5.14 Å². The van der Waals surface area contributed by atoms with Crippen LogP contribution in [0.1, 0.15) is 21.5 Å². The molecule has 3 rings (SSSR count). The summed E-state index contributed by atoms with van der Waals surface area (Å²) in [5.41, 5.74) is 2.55. The first-order valence-corrected chi connectivity index (χ1v) is 8.49. The van der Waals surface area contributed by atoms with E-state index < -0.39 is 10.0 Å².